The zero-order valence-electron chi connectivity index (χ0n) is 11.7. The lowest BCUT2D eigenvalue weighted by molar-refractivity contribution is -0.275. The third-order valence-corrected chi connectivity index (χ3v) is 2.57. The highest BCUT2D eigenvalue weighted by Crippen LogP contribution is 2.26. The Kier molecular flexibility index (Phi) is 6.33. The summed E-state index contributed by atoms with van der Waals surface area (Å²) in [5.74, 6) is -3.22. The van der Waals surface area contributed by atoms with E-state index in [0.717, 1.165) is 12.1 Å². The molecular formula is C14H14F4O4. The first kappa shape index (κ1) is 17.9. The van der Waals surface area contributed by atoms with Crippen molar-refractivity contribution < 1.29 is 36.6 Å². The van der Waals surface area contributed by atoms with Gasteiger partial charge in [-0.25, -0.2) is 4.39 Å². The van der Waals surface area contributed by atoms with Gasteiger partial charge in [-0.1, -0.05) is 0 Å². The fourth-order valence-electron chi connectivity index (χ4n) is 1.65. The predicted octanol–water partition coefficient (Wildman–Crippen LogP) is 3.64. The van der Waals surface area contributed by atoms with Gasteiger partial charge in [-0.15, -0.1) is 13.2 Å². The van der Waals surface area contributed by atoms with Gasteiger partial charge in [0.05, 0.1) is 6.61 Å². The summed E-state index contributed by atoms with van der Waals surface area (Å²) < 4.78 is 57.5. The van der Waals surface area contributed by atoms with Gasteiger partial charge in [-0.2, -0.15) is 0 Å². The van der Waals surface area contributed by atoms with Gasteiger partial charge in [0.25, 0.3) is 0 Å². The average molecular weight is 322 g/mol. The number of Topliss-reactive ketones (excluding diaryl/α,β-unsaturated/α-hetero) is 1. The Bertz CT molecular complexity index is 540. The second-order valence-corrected chi connectivity index (χ2v) is 4.27. The molecule has 0 heterocycles. The maximum atomic E-state index is 13.4. The van der Waals surface area contributed by atoms with Crippen LogP contribution in [0, 0.1) is 5.82 Å². The van der Waals surface area contributed by atoms with Gasteiger partial charge in [0.2, 0.25) is 0 Å². The fourth-order valence-corrected chi connectivity index (χ4v) is 1.65. The molecule has 0 atom stereocenters. The van der Waals surface area contributed by atoms with Gasteiger partial charge in [-0.05, 0) is 31.5 Å². The summed E-state index contributed by atoms with van der Waals surface area (Å²) in [5.41, 5.74) is -0.0871. The van der Waals surface area contributed by atoms with E-state index >= 15 is 0 Å². The van der Waals surface area contributed by atoms with Crippen LogP contribution in [-0.2, 0) is 9.53 Å². The van der Waals surface area contributed by atoms with Crippen molar-refractivity contribution in [3.63, 3.8) is 0 Å². The van der Waals surface area contributed by atoms with Crippen LogP contribution in [0.15, 0.2) is 18.2 Å². The number of hydrogen-bond donors (Lipinski definition) is 0. The van der Waals surface area contributed by atoms with E-state index in [0.29, 0.717) is 6.07 Å². The number of ketones is 1. The Morgan fingerprint density at radius 2 is 1.86 bits per heavy atom. The van der Waals surface area contributed by atoms with Crippen molar-refractivity contribution in [3.05, 3.63) is 29.6 Å². The summed E-state index contributed by atoms with van der Waals surface area (Å²) in [5, 5.41) is 0. The molecule has 0 fully saturated rings. The normalized spacial score (nSPS) is 11.1. The maximum absolute atomic E-state index is 13.4. The van der Waals surface area contributed by atoms with E-state index in [9.17, 15) is 27.2 Å². The van der Waals surface area contributed by atoms with Crippen molar-refractivity contribution in [1.29, 1.82) is 0 Å². The molecule has 0 amide bonds. The van der Waals surface area contributed by atoms with Crippen LogP contribution in [0.3, 0.4) is 0 Å². The Morgan fingerprint density at radius 1 is 1.18 bits per heavy atom. The van der Waals surface area contributed by atoms with Gasteiger partial charge in [0, 0.05) is 18.4 Å². The molecule has 8 heteroatoms. The molecule has 0 aliphatic heterocycles. The SMILES string of the molecule is CCOC(=O)CCCC(=O)c1ccc(OC(F)(F)F)c(F)c1. The van der Waals surface area contributed by atoms with Crippen LogP contribution in [0.5, 0.6) is 5.75 Å². The van der Waals surface area contributed by atoms with Gasteiger partial charge in [0.15, 0.2) is 17.3 Å². The minimum Gasteiger partial charge on any atom is -0.466 e. The molecule has 1 aromatic rings. The van der Waals surface area contributed by atoms with Gasteiger partial charge in [-0.3, -0.25) is 9.59 Å². The monoisotopic (exact) mass is 322 g/mol. The number of hydrogen-bond acceptors (Lipinski definition) is 4. The maximum Gasteiger partial charge on any atom is 0.573 e. The first-order valence-corrected chi connectivity index (χ1v) is 6.47. The zero-order chi connectivity index (χ0) is 16.8. The molecule has 0 saturated carbocycles. The third-order valence-electron chi connectivity index (χ3n) is 2.57. The second kappa shape index (κ2) is 7.77. The van der Waals surface area contributed by atoms with Crippen molar-refractivity contribution in [3.8, 4) is 5.75 Å². The van der Waals surface area contributed by atoms with Crippen molar-refractivity contribution in [2.45, 2.75) is 32.5 Å². The van der Waals surface area contributed by atoms with E-state index in [-0.39, 0.29) is 31.4 Å². The lowest BCUT2D eigenvalue weighted by Gasteiger charge is -2.10. The highest BCUT2D eigenvalue weighted by molar-refractivity contribution is 5.96. The van der Waals surface area contributed by atoms with E-state index in [2.05, 4.69) is 9.47 Å². The minimum absolute atomic E-state index is 0.0390. The first-order chi connectivity index (χ1) is 10.2. The summed E-state index contributed by atoms with van der Waals surface area (Å²) in [4.78, 5) is 22.8. The molecule has 0 N–H and O–H groups in total. The van der Waals surface area contributed by atoms with Crippen LogP contribution in [0.1, 0.15) is 36.5 Å². The van der Waals surface area contributed by atoms with Crippen LogP contribution >= 0.6 is 0 Å². The summed E-state index contributed by atoms with van der Waals surface area (Å²) in [6, 6.07) is 2.45. The highest BCUT2D eigenvalue weighted by Gasteiger charge is 2.32. The molecule has 1 aromatic carbocycles. The van der Waals surface area contributed by atoms with E-state index in [1.54, 1.807) is 6.92 Å². The largest absolute Gasteiger partial charge is 0.573 e. The molecule has 0 spiro atoms. The zero-order valence-corrected chi connectivity index (χ0v) is 11.7. The smallest absolute Gasteiger partial charge is 0.466 e. The molecule has 0 unspecified atom stereocenters. The summed E-state index contributed by atoms with van der Waals surface area (Å²) >= 11 is 0. The molecule has 1 rings (SSSR count). The molecule has 22 heavy (non-hydrogen) atoms. The lowest BCUT2D eigenvalue weighted by atomic mass is 10.1. The molecule has 0 radical (unpaired) electrons. The number of alkyl halides is 3. The standard InChI is InChI=1S/C14H14F4O4/c1-2-21-13(20)5-3-4-11(19)9-6-7-12(10(15)8-9)22-14(16,17)18/h6-8H,2-5H2,1H3. The van der Waals surface area contributed by atoms with Gasteiger partial charge < -0.3 is 9.47 Å². The van der Waals surface area contributed by atoms with E-state index in [1.807, 2.05) is 0 Å². The molecule has 0 saturated heterocycles. The van der Waals surface area contributed by atoms with Gasteiger partial charge in [0.1, 0.15) is 0 Å². The number of halogens is 4. The fraction of sp³-hybridized carbons (Fsp3) is 0.429. The molecule has 0 bridgehead atoms. The number of carbonyl (C=O) groups is 2. The van der Waals surface area contributed by atoms with Crippen LogP contribution in [-0.4, -0.2) is 24.7 Å². The summed E-state index contributed by atoms with van der Waals surface area (Å²) in [7, 11) is 0. The molecule has 122 valence electrons. The number of carbonyl (C=O) groups excluding carboxylic acids is 2. The molecule has 0 aliphatic carbocycles. The summed E-state index contributed by atoms with van der Waals surface area (Å²) in [6.07, 6.45) is -4.80. The third kappa shape index (κ3) is 6.11. The number of benzene rings is 1. The Morgan fingerprint density at radius 3 is 2.41 bits per heavy atom. The Hall–Kier alpha value is -2.12. The molecule has 0 aliphatic rings. The quantitative estimate of drug-likeness (QED) is 0.437. The predicted molar refractivity (Wildman–Crippen MR) is 67.9 cm³/mol. The Balaban J connectivity index is 2.60. The van der Waals surface area contributed by atoms with Crippen LogP contribution in [0.25, 0.3) is 0 Å². The van der Waals surface area contributed by atoms with Crippen molar-refractivity contribution in [1.82, 2.24) is 0 Å². The summed E-state index contributed by atoms with van der Waals surface area (Å²) in [6.45, 7) is 1.88. The van der Waals surface area contributed by atoms with Crippen LogP contribution < -0.4 is 4.74 Å². The number of rotatable bonds is 7. The van der Waals surface area contributed by atoms with E-state index in [4.69, 9.17) is 0 Å². The van der Waals surface area contributed by atoms with Crippen molar-refractivity contribution in [2.75, 3.05) is 6.61 Å². The Labute approximate surface area is 124 Å². The van der Waals surface area contributed by atoms with Crippen LogP contribution in [0.2, 0.25) is 0 Å². The van der Waals surface area contributed by atoms with Crippen LogP contribution in [0.4, 0.5) is 17.6 Å². The topological polar surface area (TPSA) is 52.6 Å². The first-order valence-electron chi connectivity index (χ1n) is 6.47. The second-order valence-electron chi connectivity index (χ2n) is 4.27. The molecule has 4 nitrogen and oxygen atoms in total. The van der Waals surface area contributed by atoms with Crippen molar-refractivity contribution in [2.24, 2.45) is 0 Å². The number of ether oxygens (including phenoxy) is 2. The van der Waals surface area contributed by atoms with E-state index < -0.39 is 29.7 Å². The van der Waals surface area contributed by atoms with Crippen molar-refractivity contribution >= 4 is 11.8 Å². The molecular weight excluding hydrogens is 308 g/mol. The minimum atomic E-state index is -5.01. The highest BCUT2D eigenvalue weighted by atomic mass is 19.4. The van der Waals surface area contributed by atoms with Gasteiger partial charge >= 0.3 is 12.3 Å². The number of esters is 1. The average Bonchev–Trinajstić information content (AvgIpc) is 2.39. The lowest BCUT2D eigenvalue weighted by Crippen LogP contribution is -2.18. The van der Waals surface area contributed by atoms with E-state index in [1.165, 1.54) is 0 Å². The molecule has 0 aromatic heterocycles.